The molecule has 2 aromatic heterocycles. The summed E-state index contributed by atoms with van der Waals surface area (Å²) in [6.07, 6.45) is 8.53. The van der Waals surface area contributed by atoms with Gasteiger partial charge in [0.1, 0.15) is 16.8 Å². The quantitative estimate of drug-likeness (QED) is 0.730. The van der Waals surface area contributed by atoms with Gasteiger partial charge in [-0.15, -0.1) is 11.3 Å². The van der Waals surface area contributed by atoms with Gasteiger partial charge < -0.3 is 10.1 Å². The van der Waals surface area contributed by atoms with Gasteiger partial charge in [-0.05, 0) is 25.7 Å². The van der Waals surface area contributed by atoms with E-state index in [0.29, 0.717) is 11.6 Å². The lowest BCUT2D eigenvalue weighted by molar-refractivity contribution is 0.0886. The Morgan fingerprint density at radius 1 is 1.11 bits per heavy atom. The third kappa shape index (κ3) is 4.49. The van der Waals surface area contributed by atoms with Gasteiger partial charge in [-0.2, -0.15) is 0 Å². The molecule has 1 aliphatic carbocycles. The molecular weight excluding hydrogens is 360 g/mol. The Hall–Kier alpha value is -2.80. The predicted molar refractivity (Wildman–Crippen MR) is 104 cm³/mol. The second kappa shape index (κ2) is 8.26. The van der Waals surface area contributed by atoms with Crippen LogP contribution < -0.4 is 10.1 Å². The lowest BCUT2D eigenvalue weighted by Crippen LogP contribution is -2.39. The molecule has 0 radical (unpaired) electrons. The number of rotatable bonds is 5. The normalized spacial score (nSPS) is 19.4. The van der Waals surface area contributed by atoms with Crippen molar-refractivity contribution in [2.24, 2.45) is 0 Å². The Kier molecular flexibility index (Phi) is 5.39. The fourth-order valence-electron chi connectivity index (χ4n) is 3.19. The van der Waals surface area contributed by atoms with Crippen LogP contribution in [0.15, 0.2) is 54.3 Å². The van der Waals surface area contributed by atoms with Gasteiger partial charge in [0, 0.05) is 29.4 Å². The maximum absolute atomic E-state index is 12.5. The highest BCUT2D eigenvalue weighted by Gasteiger charge is 2.25. The molecule has 0 unspecified atom stereocenters. The summed E-state index contributed by atoms with van der Waals surface area (Å²) in [6.45, 7) is 0. The number of carbonyl (C=O) groups is 1. The summed E-state index contributed by atoms with van der Waals surface area (Å²) in [5, 5.41) is 5.79. The third-order valence-corrected chi connectivity index (χ3v) is 5.49. The first-order valence-corrected chi connectivity index (χ1v) is 9.90. The van der Waals surface area contributed by atoms with Gasteiger partial charge in [-0.25, -0.2) is 9.97 Å². The first kappa shape index (κ1) is 17.6. The van der Waals surface area contributed by atoms with E-state index in [9.17, 15) is 4.79 Å². The number of nitrogens with zero attached hydrogens (tertiary/aromatic N) is 3. The molecule has 7 heteroatoms. The Morgan fingerprint density at radius 3 is 2.67 bits per heavy atom. The third-order valence-electron chi connectivity index (χ3n) is 4.59. The van der Waals surface area contributed by atoms with E-state index >= 15 is 0 Å². The molecule has 0 bridgehead atoms. The number of aromatic nitrogens is 3. The van der Waals surface area contributed by atoms with Crippen LogP contribution in [-0.4, -0.2) is 33.0 Å². The summed E-state index contributed by atoms with van der Waals surface area (Å²) in [7, 11) is 0. The molecule has 1 N–H and O–H groups in total. The molecule has 1 saturated carbocycles. The second-order valence-corrected chi connectivity index (χ2v) is 7.37. The number of nitrogens with one attached hydrogen (secondary N) is 1. The lowest BCUT2D eigenvalue weighted by atomic mass is 9.93. The minimum atomic E-state index is -0.105. The van der Waals surface area contributed by atoms with E-state index in [-0.39, 0.29) is 18.1 Å². The van der Waals surface area contributed by atoms with E-state index in [1.54, 1.807) is 18.6 Å². The van der Waals surface area contributed by atoms with Crippen molar-refractivity contribution in [1.29, 1.82) is 0 Å². The van der Waals surface area contributed by atoms with Crippen LogP contribution in [0.2, 0.25) is 0 Å². The van der Waals surface area contributed by atoms with E-state index in [0.717, 1.165) is 36.3 Å². The summed E-state index contributed by atoms with van der Waals surface area (Å²) >= 11 is 1.49. The fourth-order valence-corrected chi connectivity index (χ4v) is 4.00. The number of carbonyl (C=O) groups excluding carboxylic acids is 1. The minimum absolute atomic E-state index is 0.105. The first-order valence-electron chi connectivity index (χ1n) is 9.02. The minimum Gasteiger partial charge on any atom is -0.473 e. The van der Waals surface area contributed by atoms with Gasteiger partial charge in [0.2, 0.25) is 5.88 Å². The zero-order valence-corrected chi connectivity index (χ0v) is 15.6. The van der Waals surface area contributed by atoms with Crippen LogP contribution in [0, 0.1) is 0 Å². The SMILES string of the molecule is O=C(NC1CCC(Oc2cnccn2)CC1)c1csc(-c2ccccc2)n1. The molecule has 0 atom stereocenters. The van der Waals surface area contributed by atoms with Crippen LogP contribution in [-0.2, 0) is 0 Å². The molecular formula is C20H20N4O2S. The van der Waals surface area contributed by atoms with Gasteiger partial charge in [-0.1, -0.05) is 30.3 Å². The maximum Gasteiger partial charge on any atom is 0.270 e. The van der Waals surface area contributed by atoms with Crippen LogP contribution >= 0.6 is 11.3 Å². The van der Waals surface area contributed by atoms with Crippen LogP contribution in [0.1, 0.15) is 36.2 Å². The fraction of sp³-hybridized carbons (Fsp3) is 0.300. The van der Waals surface area contributed by atoms with Crippen LogP contribution in [0.3, 0.4) is 0 Å². The van der Waals surface area contributed by atoms with E-state index in [1.807, 2.05) is 35.7 Å². The molecule has 138 valence electrons. The van der Waals surface area contributed by atoms with Crippen LogP contribution in [0.4, 0.5) is 0 Å². The zero-order valence-electron chi connectivity index (χ0n) is 14.7. The number of ether oxygens (including phenoxy) is 1. The number of hydrogen-bond donors (Lipinski definition) is 1. The number of benzene rings is 1. The molecule has 1 amide bonds. The van der Waals surface area contributed by atoms with Gasteiger partial charge in [0.25, 0.3) is 5.91 Å². The Morgan fingerprint density at radius 2 is 1.93 bits per heavy atom. The number of hydrogen-bond acceptors (Lipinski definition) is 6. The van der Waals surface area contributed by atoms with Crippen LogP contribution in [0.25, 0.3) is 10.6 Å². The maximum atomic E-state index is 12.5. The topological polar surface area (TPSA) is 77.0 Å². The lowest BCUT2D eigenvalue weighted by Gasteiger charge is -2.28. The van der Waals surface area contributed by atoms with Crippen molar-refractivity contribution in [3.8, 4) is 16.5 Å². The van der Waals surface area contributed by atoms with Gasteiger partial charge in [-0.3, -0.25) is 9.78 Å². The summed E-state index contributed by atoms with van der Waals surface area (Å²) in [6, 6.07) is 10.1. The van der Waals surface area contributed by atoms with Crippen molar-refractivity contribution in [3.05, 3.63) is 60.0 Å². The van der Waals surface area contributed by atoms with Crippen molar-refractivity contribution in [2.45, 2.75) is 37.8 Å². The van der Waals surface area contributed by atoms with Gasteiger partial charge in [0.05, 0.1) is 6.20 Å². The molecule has 3 aromatic rings. The molecule has 27 heavy (non-hydrogen) atoms. The van der Waals surface area contributed by atoms with Crippen molar-refractivity contribution >= 4 is 17.2 Å². The largest absolute Gasteiger partial charge is 0.473 e. The van der Waals surface area contributed by atoms with E-state index < -0.39 is 0 Å². The first-order chi connectivity index (χ1) is 13.3. The van der Waals surface area contributed by atoms with Crippen molar-refractivity contribution < 1.29 is 9.53 Å². The summed E-state index contributed by atoms with van der Waals surface area (Å²) in [4.78, 5) is 25.2. The summed E-state index contributed by atoms with van der Waals surface area (Å²) < 4.78 is 5.85. The number of thiazole rings is 1. The molecule has 1 fully saturated rings. The smallest absolute Gasteiger partial charge is 0.270 e. The molecule has 1 aliphatic rings. The second-order valence-electron chi connectivity index (χ2n) is 6.51. The van der Waals surface area contributed by atoms with Crippen molar-refractivity contribution in [1.82, 2.24) is 20.3 Å². The highest BCUT2D eigenvalue weighted by molar-refractivity contribution is 7.13. The molecule has 0 spiro atoms. The van der Waals surface area contributed by atoms with E-state index in [2.05, 4.69) is 20.3 Å². The molecule has 0 aliphatic heterocycles. The van der Waals surface area contributed by atoms with E-state index in [1.165, 1.54) is 11.3 Å². The summed E-state index contributed by atoms with van der Waals surface area (Å²) in [5.41, 5.74) is 1.51. The average Bonchev–Trinajstić information content (AvgIpc) is 3.21. The molecule has 1 aromatic carbocycles. The van der Waals surface area contributed by atoms with Gasteiger partial charge in [0.15, 0.2) is 0 Å². The standard InChI is InChI=1S/C20H20N4O2S/c25-19(17-13-27-20(24-17)14-4-2-1-3-5-14)23-15-6-8-16(9-7-15)26-18-12-21-10-11-22-18/h1-5,10-13,15-16H,6-9H2,(H,23,25). The Labute approximate surface area is 161 Å². The molecule has 2 heterocycles. The monoisotopic (exact) mass is 380 g/mol. The Bertz CT molecular complexity index is 877. The number of amides is 1. The average molecular weight is 380 g/mol. The van der Waals surface area contributed by atoms with Gasteiger partial charge >= 0.3 is 0 Å². The zero-order chi connectivity index (χ0) is 18.5. The summed E-state index contributed by atoms with van der Waals surface area (Å²) in [5.74, 6) is 0.452. The molecule has 6 nitrogen and oxygen atoms in total. The molecule has 0 saturated heterocycles. The molecule has 4 rings (SSSR count). The predicted octanol–water partition coefficient (Wildman–Crippen LogP) is 3.72. The van der Waals surface area contributed by atoms with Crippen LogP contribution in [0.5, 0.6) is 5.88 Å². The highest BCUT2D eigenvalue weighted by Crippen LogP contribution is 2.25. The van der Waals surface area contributed by atoms with Crippen molar-refractivity contribution in [2.75, 3.05) is 0 Å². The van der Waals surface area contributed by atoms with E-state index in [4.69, 9.17) is 4.74 Å². The Balaban J connectivity index is 1.29. The van der Waals surface area contributed by atoms with Crippen molar-refractivity contribution in [3.63, 3.8) is 0 Å². The highest BCUT2D eigenvalue weighted by atomic mass is 32.1.